The molecular formula is C13H20ClNO3S. The van der Waals surface area contributed by atoms with Gasteiger partial charge in [0.15, 0.2) is 0 Å². The zero-order chi connectivity index (χ0) is 14.3. The van der Waals surface area contributed by atoms with Crippen molar-refractivity contribution >= 4 is 27.3 Å². The fourth-order valence-corrected chi connectivity index (χ4v) is 3.21. The molecule has 1 rings (SSSR count). The fourth-order valence-electron chi connectivity index (χ4n) is 1.52. The van der Waals surface area contributed by atoms with Gasteiger partial charge in [-0.05, 0) is 24.5 Å². The van der Waals surface area contributed by atoms with Crippen molar-refractivity contribution in [1.29, 1.82) is 0 Å². The summed E-state index contributed by atoms with van der Waals surface area (Å²) in [7, 11) is -3.41. The molecule has 1 aromatic carbocycles. The van der Waals surface area contributed by atoms with Gasteiger partial charge in [-0.25, -0.2) is 8.42 Å². The Balaban J connectivity index is 2.80. The van der Waals surface area contributed by atoms with Crippen LogP contribution in [-0.2, 0) is 10.0 Å². The van der Waals surface area contributed by atoms with E-state index in [1.54, 1.807) is 25.1 Å². The molecule has 0 fully saturated rings. The Bertz CT molecular complexity index is 490. The molecule has 0 amide bonds. The van der Waals surface area contributed by atoms with Crippen LogP contribution in [0.15, 0.2) is 24.3 Å². The van der Waals surface area contributed by atoms with Crippen LogP contribution >= 0.6 is 11.6 Å². The maximum Gasteiger partial charge on any atom is 0.233 e. The van der Waals surface area contributed by atoms with Crippen LogP contribution in [0.3, 0.4) is 0 Å². The van der Waals surface area contributed by atoms with Crippen molar-refractivity contribution in [3.05, 3.63) is 24.3 Å². The molecule has 108 valence electrons. The third-order valence-corrected chi connectivity index (χ3v) is 4.45. The molecule has 6 heteroatoms. The van der Waals surface area contributed by atoms with E-state index >= 15 is 0 Å². The van der Waals surface area contributed by atoms with Crippen LogP contribution in [0.25, 0.3) is 0 Å². The Kier molecular flexibility index (Phi) is 6.45. The lowest BCUT2D eigenvalue weighted by molar-refractivity contribution is 0.319. The predicted octanol–water partition coefficient (Wildman–Crippen LogP) is 3.09. The van der Waals surface area contributed by atoms with Crippen molar-refractivity contribution in [3.63, 3.8) is 0 Å². The Morgan fingerprint density at radius 1 is 1.37 bits per heavy atom. The molecule has 0 saturated carbocycles. The van der Waals surface area contributed by atoms with E-state index in [1.807, 2.05) is 13.0 Å². The molecule has 1 N–H and O–H groups in total. The van der Waals surface area contributed by atoms with Crippen molar-refractivity contribution < 1.29 is 13.2 Å². The van der Waals surface area contributed by atoms with Gasteiger partial charge in [-0.3, -0.25) is 4.72 Å². The third kappa shape index (κ3) is 5.70. The maximum absolute atomic E-state index is 12.0. The van der Waals surface area contributed by atoms with Gasteiger partial charge in [0, 0.05) is 5.88 Å². The van der Waals surface area contributed by atoms with Crippen LogP contribution in [0.1, 0.15) is 20.3 Å². The SMILES string of the molecule is CCCOc1ccccc1NS(=O)(=O)CC(C)CCl. The molecule has 0 radical (unpaired) electrons. The van der Waals surface area contributed by atoms with E-state index in [0.29, 0.717) is 23.9 Å². The molecule has 1 unspecified atom stereocenters. The number of anilines is 1. The number of halogens is 1. The van der Waals surface area contributed by atoms with Gasteiger partial charge < -0.3 is 4.74 Å². The summed E-state index contributed by atoms with van der Waals surface area (Å²) in [5.41, 5.74) is 0.470. The first-order valence-corrected chi connectivity index (χ1v) is 8.45. The van der Waals surface area contributed by atoms with Crippen LogP contribution in [0, 0.1) is 5.92 Å². The summed E-state index contributed by atoms with van der Waals surface area (Å²) >= 11 is 5.64. The second kappa shape index (κ2) is 7.60. The molecule has 0 saturated heterocycles. The van der Waals surface area contributed by atoms with Gasteiger partial charge in [0.05, 0.1) is 18.0 Å². The number of hydrogen-bond acceptors (Lipinski definition) is 3. The summed E-state index contributed by atoms with van der Waals surface area (Å²) in [5.74, 6) is 0.766. The molecule has 0 aliphatic carbocycles. The standard InChI is InChI=1S/C13H20ClNO3S/c1-3-8-18-13-7-5-4-6-12(13)15-19(16,17)10-11(2)9-14/h4-7,11,15H,3,8-10H2,1-2H3. The Morgan fingerprint density at radius 2 is 2.05 bits per heavy atom. The summed E-state index contributed by atoms with van der Waals surface area (Å²) < 4.78 is 32.0. The van der Waals surface area contributed by atoms with Crippen molar-refractivity contribution in [2.75, 3.05) is 23.0 Å². The Hall–Kier alpha value is -0.940. The second-order valence-corrected chi connectivity index (χ2v) is 6.56. The minimum absolute atomic E-state index is 0.00138. The molecule has 0 heterocycles. The molecule has 19 heavy (non-hydrogen) atoms. The normalized spacial score (nSPS) is 13.0. The second-order valence-electron chi connectivity index (χ2n) is 4.49. The molecule has 4 nitrogen and oxygen atoms in total. The number of rotatable bonds is 8. The summed E-state index contributed by atoms with van der Waals surface area (Å²) in [6, 6.07) is 7.01. The Morgan fingerprint density at radius 3 is 2.68 bits per heavy atom. The van der Waals surface area contributed by atoms with E-state index in [9.17, 15) is 8.42 Å². The number of sulfonamides is 1. The van der Waals surface area contributed by atoms with Crippen LogP contribution in [-0.4, -0.2) is 26.7 Å². The fraction of sp³-hybridized carbons (Fsp3) is 0.538. The van der Waals surface area contributed by atoms with E-state index in [1.165, 1.54) is 0 Å². The first-order chi connectivity index (χ1) is 8.98. The average Bonchev–Trinajstić information content (AvgIpc) is 2.36. The van der Waals surface area contributed by atoms with Crippen LogP contribution in [0.2, 0.25) is 0 Å². The first kappa shape index (κ1) is 16.1. The lowest BCUT2D eigenvalue weighted by atomic mass is 10.3. The van der Waals surface area contributed by atoms with Gasteiger partial charge >= 0.3 is 0 Å². The third-order valence-electron chi connectivity index (χ3n) is 2.38. The first-order valence-electron chi connectivity index (χ1n) is 6.26. The molecule has 0 aliphatic rings. The number of hydrogen-bond donors (Lipinski definition) is 1. The van der Waals surface area contributed by atoms with E-state index < -0.39 is 10.0 Å². The lowest BCUT2D eigenvalue weighted by Crippen LogP contribution is -2.22. The van der Waals surface area contributed by atoms with E-state index in [2.05, 4.69) is 4.72 Å². The van der Waals surface area contributed by atoms with E-state index in [0.717, 1.165) is 6.42 Å². The lowest BCUT2D eigenvalue weighted by Gasteiger charge is -2.14. The van der Waals surface area contributed by atoms with Crippen LogP contribution < -0.4 is 9.46 Å². The molecule has 0 aromatic heterocycles. The zero-order valence-corrected chi connectivity index (χ0v) is 12.8. The summed E-state index contributed by atoms with van der Waals surface area (Å²) in [6.45, 7) is 4.34. The topological polar surface area (TPSA) is 55.4 Å². The van der Waals surface area contributed by atoms with Crippen molar-refractivity contribution in [2.45, 2.75) is 20.3 Å². The number of para-hydroxylation sites is 2. The predicted molar refractivity (Wildman–Crippen MR) is 79.5 cm³/mol. The molecule has 0 bridgehead atoms. The molecule has 1 atom stereocenters. The maximum atomic E-state index is 12.0. The van der Waals surface area contributed by atoms with Crippen molar-refractivity contribution in [1.82, 2.24) is 0 Å². The monoisotopic (exact) mass is 305 g/mol. The van der Waals surface area contributed by atoms with E-state index in [4.69, 9.17) is 16.3 Å². The van der Waals surface area contributed by atoms with E-state index in [-0.39, 0.29) is 11.7 Å². The van der Waals surface area contributed by atoms with Crippen molar-refractivity contribution in [3.8, 4) is 5.75 Å². The minimum Gasteiger partial charge on any atom is -0.491 e. The van der Waals surface area contributed by atoms with Gasteiger partial charge in [0.25, 0.3) is 0 Å². The number of ether oxygens (including phenoxy) is 1. The largest absolute Gasteiger partial charge is 0.491 e. The molecule has 1 aromatic rings. The zero-order valence-electron chi connectivity index (χ0n) is 11.2. The summed E-state index contributed by atoms with van der Waals surface area (Å²) in [6.07, 6.45) is 0.865. The number of alkyl halides is 1. The smallest absolute Gasteiger partial charge is 0.233 e. The number of benzene rings is 1. The molecule has 0 spiro atoms. The van der Waals surface area contributed by atoms with Gasteiger partial charge in [-0.1, -0.05) is 26.0 Å². The van der Waals surface area contributed by atoms with Gasteiger partial charge in [-0.2, -0.15) is 0 Å². The average molecular weight is 306 g/mol. The highest BCUT2D eigenvalue weighted by Crippen LogP contribution is 2.25. The Labute approximate surface area is 120 Å². The quantitative estimate of drug-likeness (QED) is 0.751. The number of nitrogens with one attached hydrogen (secondary N) is 1. The van der Waals surface area contributed by atoms with Crippen molar-refractivity contribution in [2.24, 2.45) is 5.92 Å². The van der Waals surface area contributed by atoms with Gasteiger partial charge in [0.1, 0.15) is 5.75 Å². The highest BCUT2D eigenvalue weighted by atomic mass is 35.5. The highest BCUT2D eigenvalue weighted by molar-refractivity contribution is 7.92. The van der Waals surface area contributed by atoms with Gasteiger partial charge in [-0.15, -0.1) is 11.6 Å². The van der Waals surface area contributed by atoms with Gasteiger partial charge in [0.2, 0.25) is 10.0 Å². The molecule has 0 aliphatic heterocycles. The molecular weight excluding hydrogens is 286 g/mol. The van der Waals surface area contributed by atoms with Crippen LogP contribution in [0.4, 0.5) is 5.69 Å². The van der Waals surface area contributed by atoms with Crippen LogP contribution in [0.5, 0.6) is 5.75 Å². The summed E-state index contributed by atoms with van der Waals surface area (Å²) in [4.78, 5) is 0. The highest BCUT2D eigenvalue weighted by Gasteiger charge is 2.17. The summed E-state index contributed by atoms with van der Waals surface area (Å²) in [5, 5.41) is 0. The minimum atomic E-state index is -3.41.